The Morgan fingerprint density at radius 1 is 1.31 bits per heavy atom. The first-order valence-corrected chi connectivity index (χ1v) is 5.29. The molecule has 0 saturated carbocycles. The van der Waals surface area contributed by atoms with Crippen LogP contribution in [0.2, 0.25) is 0 Å². The van der Waals surface area contributed by atoms with Gasteiger partial charge in [0.05, 0.1) is 12.6 Å². The highest BCUT2D eigenvalue weighted by Gasteiger charge is 2.01. The van der Waals surface area contributed by atoms with Gasteiger partial charge in [0.2, 0.25) is 0 Å². The summed E-state index contributed by atoms with van der Waals surface area (Å²) >= 11 is 4.36. The van der Waals surface area contributed by atoms with Crippen LogP contribution in [0, 0.1) is 0 Å². The van der Waals surface area contributed by atoms with Crippen LogP contribution in [0.3, 0.4) is 0 Å². The predicted octanol–water partition coefficient (Wildman–Crippen LogP) is 2.71. The van der Waals surface area contributed by atoms with Gasteiger partial charge in [0.15, 0.2) is 0 Å². The molecule has 0 aliphatic carbocycles. The summed E-state index contributed by atoms with van der Waals surface area (Å²) in [5, 5.41) is 5.01. The van der Waals surface area contributed by atoms with Gasteiger partial charge in [-0.15, -0.1) is 12.6 Å². The normalized spacial score (nSPS) is 11.7. The van der Waals surface area contributed by atoms with Crippen LogP contribution in [0.15, 0.2) is 53.8 Å². The first-order valence-electron chi connectivity index (χ1n) is 5.34. The Morgan fingerprint density at radius 3 is 3.06 bits per heavy atom. The molecule has 0 fully saturated rings. The first kappa shape index (κ1) is 8.35. The average molecular weight is 228 g/mol. The van der Waals surface area contributed by atoms with Crippen molar-refractivity contribution in [2.75, 3.05) is 0 Å². The van der Waals surface area contributed by atoms with Crippen molar-refractivity contribution in [1.82, 2.24) is 14.8 Å². The number of rotatable bonds is 1. The molecule has 3 rings (SSSR count). The van der Waals surface area contributed by atoms with E-state index in [1.54, 1.807) is 23.1 Å². The third kappa shape index (κ3) is 1.47. The summed E-state index contributed by atoms with van der Waals surface area (Å²) in [4.78, 5) is 5.11. The molecule has 0 aliphatic heterocycles. The zero-order valence-electron chi connectivity index (χ0n) is 9.33. The lowest BCUT2D eigenvalue weighted by Gasteiger charge is -2.04. The minimum Gasteiger partial charge on any atom is -0.256 e. The molecular formula is C12H9N3S. The third-order valence-corrected chi connectivity index (χ3v) is 2.78. The second-order valence-corrected chi connectivity index (χ2v) is 3.88. The molecule has 0 radical (unpaired) electrons. The van der Waals surface area contributed by atoms with E-state index in [9.17, 15) is 0 Å². The van der Waals surface area contributed by atoms with Crippen molar-refractivity contribution in [2.45, 2.75) is 4.90 Å². The molecule has 3 aromatic rings. The average Bonchev–Trinajstić information content (AvgIpc) is 2.83. The van der Waals surface area contributed by atoms with Crippen molar-refractivity contribution in [1.29, 1.82) is 0 Å². The number of pyridine rings is 1. The molecule has 0 unspecified atom stereocenters. The van der Waals surface area contributed by atoms with Crippen LogP contribution in [-0.2, 0) is 0 Å². The Labute approximate surface area is 99.6 Å². The molecule has 2 heterocycles. The fourth-order valence-electron chi connectivity index (χ4n) is 1.60. The lowest BCUT2D eigenvalue weighted by Crippen LogP contribution is -1.94. The Bertz CT molecular complexity index is 680. The summed E-state index contributed by atoms with van der Waals surface area (Å²) in [6.45, 7) is 0. The van der Waals surface area contributed by atoms with Crippen LogP contribution in [-0.4, -0.2) is 14.8 Å². The second kappa shape index (κ2) is 3.64. The molecule has 0 N–H and O–H groups in total. The van der Waals surface area contributed by atoms with Crippen LogP contribution in [0.25, 0.3) is 16.6 Å². The maximum absolute atomic E-state index is 8.00. The maximum Gasteiger partial charge on any atom is 0.0734 e. The van der Waals surface area contributed by atoms with Gasteiger partial charge in [-0.2, -0.15) is 5.10 Å². The van der Waals surface area contributed by atoms with E-state index in [4.69, 9.17) is 1.37 Å². The van der Waals surface area contributed by atoms with Gasteiger partial charge < -0.3 is 0 Å². The number of benzene rings is 1. The van der Waals surface area contributed by atoms with Crippen LogP contribution >= 0.6 is 12.6 Å². The topological polar surface area (TPSA) is 30.7 Å². The summed E-state index contributed by atoms with van der Waals surface area (Å²) in [5.41, 5.74) is 1.54. The molecule has 0 aliphatic rings. The molecule has 3 nitrogen and oxygen atoms in total. The summed E-state index contributed by atoms with van der Waals surface area (Å²) < 4.78 is 9.66. The zero-order chi connectivity index (χ0) is 11.8. The lowest BCUT2D eigenvalue weighted by atomic mass is 10.2. The first-order chi connectivity index (χ1) is 8.25. The van der Waals surface area contributed by atoms with Gasteiger partial charge in [0.25, 0.3) is 0 Å². The Kier molecular flexibility index (Phi) is 1.90. The fraction of sp³-hybridized carbons (Fsp3) is 0. The van der Waals surface area contributed by atoms with Gasteiger partial charge >= 0.3 is 0 Å². The Hall–Kier alpha value is -1.81. The number of aromatic nitrogens is 3. The van der Waals surface area contributed by atoms with Crippen LogP contribution in [0.1, 0.15) is 1.37 Å². The van der Waals surface area contributed by atoms with Crippen LogP contribution < -0.4 is 0 Å². The highest BCUT2D eigenvalue weighted by molar-refractivity contribution is 7.80. The van der Waals surface area contributed by atoms with E-state index in [0.717, 1.165) is 15.8 Å². The van der Waals surface area contributed by atoms with Gasteiger partial charge in [-0.3, -0.25) is 4.98 Å². The molecule has 16 heavy (non-hydrogen) atoms. The maximum atomic E-state index is 8.00. The molecule has 2 aromatic heterocycles. The molecule has 78 valence electrons. The quantitative estimate of drug-likeness (QED) is 0.649. The van der Waals surface area contributed by atoms with Gasteiger partial charge in [-0.05, 0) is 30.3 Å². The van der Waals surface area contributed by atoms with Crippen molar-refractivity contribution in [3.8, 4) is 5.69 Å². The number of fused-ring (bicyclic) bond motifs is 1. The molecular weight excluding hydrogens is 218 g/mol. The SMILES string of the molecule is [2H]c1cc2c(S)ccnc2cc1-n1cccn1. The van der Waals surface area contributed by atoms with Crippen molar-refractivity contribution in [2.24, 2.45) is 0 Å². The largest absolute Gasteiger partial charge is 0.256 e. The molecule has 4 heteroatoms. The van der Waals surface area contributed by atoms with Crippen molar-refractivity contribution in [3.63, 3.8) is 0 Å². The third-order valence-electron chi connectivity index (χ3n) is 2.39. The number of nitrogens with zero attached hydrogens (tertiary/aromatic N) is 3. The minimum atomic E-state index is 0.407. The van der Waals surface area contributed by atoms with E-state index in [2.05, 4.69) is 22.7 Å². The van der Waals surface area contributed by atoms with Gasteiger partial charge in [-0.1, -0.05) is 0 Å². The van der Waals surface area contributed by atoms with Crippen LogP contribution in [0.5, 0.6) is 0 Å². The minimum absolute atomic E-state index is 0.407. The smallest absolute Gasteiger partial charge is 0.0734 e. The number of hydrogen-bond donors (Lipinski definition) is 1. The molecule has 0 saturated heterocycles. The highest BCUT2D eigenvalue weighted by Crippen LogP contribution is 2.21. The summed E-state index contributed by atoms with van der Waals surface area (Å²) in [6, 6.07) is 7.67. The standard InChI is InChI=1S/C12H9N3S/c16-12-4-6-13-11-8-9(2-3-10(11)12)15-7-1-5-14-15/h1-8H,(H,13,16)/i2D. The summed E-state index contributed by atoms with van der Waals surface area (Å²) in [7, 11) is 0. The molecule has 1 aromatic carbocycles. The monoisotopic (exact) mass is 228 g/mol. The molecule has 0 atom stereocenters. The molecule has 0 bridgehead atoms. The Morgan fingerprint density at radius 2 is 2.25 bits per heavy atom. The highest BCUT2D eigenvalue weighted by atomic mass is 32.1. The lowest BCUT2D eigenvalue weighted by molar-refractivity contribution is 0.881. The second-order valence-electron chi connectivity index (χ2n) is 3.40. The van der Waals surface area contributed by atoms with Crippen molar-refractivity contribution < 1.29 is 1.37 Å². The van der Waals surface area contributed by atoms with E-state index in [-0.39, 0.29) is 0 Å². The van der Waals surface area contributed by atoms with Crippen molar-refractivity contribution in [3.05, 3.63) is 48.9 Å². The van der Waals surface area contributed by atoms with Gasteiger partial charge in [0, 0.05) is 28.9 Å². The molecule has 0 amide bonds. The zero-order valence-corrected chi connectivity index (χ0v) is 9.22. The van der Waals surface area contributed by atoms with E-state index in [0.29, 0.717) is 11.7 Å². The van der Waals surface area contributed by atoms with Gasteiger partial charge in [0.1, 0.15) is 0 Å². The van der Waals surface area contributed by atoms with Crippen LogP contribution in [0.4, 0.5) is 0 Å². The predicted molar refractivity (Wildman–Crippen MR) is 66.1 cm³/mol. The number of thiol groups is 1. The Balaban J connectivity index is 2.32. The van der Waals surface area contributed by atoms with Gasteiger partial charge in [-0.25, -0.2) is 4.68 Å². The van der Waals surface area contributed by atoms with Crippen molar-refractivity contribution >= 4 is 23.5 Å². The molecule has 0 spiro atoms. The van der Waals surface area contributed by atoms with E-state index < -0.39 is 0 Å². The summed E-state index contributed by atoms with van der Waals surface area (Å²) in [6.07, 6.45) is 5.21. The fourth-order valence-corrected chi connectivity index (χ4v) is 1.85. The van der Waals surface area contributed by atoms with E-state index in [1.165, 1.54) is 0 Å². The van der Waals surface area contributed by atoms with E-state index in [1.807, 2.05) is 24.4 Å². The summed E-state index contributed by atoms with van der Waals surface area (Å²) in [5.74, 6) is 0. The number of hydrogen-bond acceptors (Lipinski definition) is 3. The van der Waals surface area contributed by atoms with E-state index >= 15 is 0 Å².